The number of hydrogen-bond acceptors (Lipinski definition) is 9. The molecule has 0 saturated heterocycles. The van der Waals surface area contributed by atoms with Gasteiger partial charge in [0.05, 0.1) is 40.7 Å². The number of halogens is 1. The maximum Gasteiger partial charge on any atom is 0.346 e. The van der Waals surface area contributed by atoms with E-state index in [2.05, 4.69) is 25.8 Å². The van der Waals surface area contributed by atoms with E-state index in [0.717, 1.165) is 16.9 Å². The Morgan fingerprint density at radius 2 is 1.86 bits per heavy atom. The molecule has 11 nitrogen and oxygen atoms in total. The first-order valence-electron chi connectivity index (χ1n) is 12.9. The van der Waals surface area contributed by atoms with Crippen LogP contribution in [0, 0.1) is 17.0 Å². The third-order valence-electron chi connectivity index (χ3n) is 6.59. The van der Waals surface area contributed by atoms with E-state index in [-0.39, 0.29) is 16.1 Å². The summed E-state index contributed by atoms with van der Waals surface area (Å²) in [5.74, 6) is 0.328. The monoisotopic (exact) mass is 636 g/mol. The van der Waals surface area contributed by atoms with Gasteiger partial charge in [0.25, 0.3) is 5.56 Å². The lowest BCUT2D eigenvalue weighted by atomic mass is 9.96. The molecule has 4 aromatic rings. The molecule has 0 bridgehead atoms. The number of esters is 1. The topological polar surface area (TPSA) is 135 Å². The Kier molecular flexibility index (Phi) is 9.05. The van der Waals surface area contributed by atoms with Crippen LogP contribution in [0.2, 0.25) is 0 Å². The Morgan fingerprint density at radius 1 is 1.14 bits per heavy atom. The second kappa shape index (κ2) is 12.5. The van der Waals surface area contributed by atoms with Crippen molar-refractivity contribution < 1.29 is 23.9 Å². The van der Waals surface area contributed by atoms with E-state index in [9.17, 15) is 19.7 Å². The molecule has 12 heteroatoms. The third kappa shape index (κ3) is 6.03. The number of aromatic nitrogens is 2. The van der Waals surface area contributed by atoms with Crippen molar-refractivity contribution in [2.75, 3.05) is 14.2 Å². The Hall–Kier alpha value is -4.58. The van der Waals surface area contributed by atoms with E-state index in [1.807, 2.05) is 32.9 Å². The van der Waals surface area contributed by atoms with Gasteiger partial charge in [0.15, 0.2) is 11.9 Å². The predicted octanol–water partition coefficient (Wildman–Crippen LogP) is 6.00. The van der Waals surface area contributed by atoms with Crippen molar-refractivity contribution >= 4 is 44.7 Å². The quantitative estimate of drug-likeness (QED) is 0.0945. The molecular weight excluding hydrogens is 608 g/mol. The molecule has 42 heavy (non-hydrogen) atoms. The zero-order valence-electron chi connectivity index (χ0n) is 23.9. The summed E-state index contributed by atoms with van der Waals surface area (Å²) >= 11 is 3.30. The SMILES string of the molecule is COC(=O)[C@@H](C)Oc1c(Br)cc(C=Nn2c(-c3cc(C(C)C)c(OC)cc3C)nc3ccccc3c2=O)cc1[N+](=O)[O-]. The van der Waals surface area contributed by atoms with Crippen molar-refractivity contribution in [1.29, 1.82) is 0 Å². The van der Waals surface area contributed by atoms with Crippen molar-refractivity contribution in [3.8, 4) is 22.9 Å². The first-order chi connectivity index (χ1) is 20.0. The second-order valence-corrected chi connectivity index (χ2v) is 10.6. The lowest BCUT2D eigenvalue weighted by Gasteiger charge is -2.17. The van der Waals surface area contributed by atoms with Crippen LogP contribution in [0.3, 0.4) is 0 Å². The molecule has 1 atom stereocenters. The van der Waals surface area contributed by atoms with Crippen molar-refractivity contribution in [2.45, 2.75) is 39.7 Å². The molecule has 0 saturated carbocycles. The minimum atomic E-state index is -1.09. The summed E-state index contributed by atoms with van der Waals surface area (Å²) in [7, 11) is 2.80. The molecule has 0 amide bonds. The first-order valence-corrected chi connectivity index (χ1v) is 13.7. The maximum absolute atomic E-state index is 13.7. The van der Waals surface area contributed by atoms with Gasteiger partial charge in [0.1, 0.15) is 5.75 Å². The van der Waals surface area contributed by atoms with Gasteiger partial charge in [-0.2, -0.15) is 9.78 Å². The minimum Gasteiger partial charge on any atom is -0.496 e. The number of aryl methyl sites for hydroxylation is 1. The van der Waals surface area contributed by atoms with Crippen LogP contribution in [0.15, 0.2) is 62.9 Å². The molecule has 0 spiro atoms. The highest BCUT2D eigenvalue weighted by molar-refractivity contribution is 9.10. The second-order valence-electron chi connectivity index (χ2n) is 9.77. The fourth-order valence-electron chi connectivity index (χ4n) is 4.41. The van der Waals surface area contributed by atoms with E-state index in [4.69, 9.17) is 14.5 Å². The minimum absolute atomic E-state index is 0.129. The number of ether oxygens (including phenoxy) is 3. The summed E-state index contributed by atoms with van der Waals surface area (Å²) in [6.45, 7) is 7.40. The number of benzene rings is 3. The van der Waals surface area contributed by atoms with Crippen molar-refractivity contribution in [3.05, 3.63) is 90.2 Å². The number of hydrogen-bond donors (Lipinski definition) is 0. The molecule has 1 aromatic heterocycles. The van der Waals surface area contributed by atoms with Crippen LogP contribution in [-0.4, -0.2) is 47.1 Å². The Labute approximate surface area is 250 Å². The van der Waals surface area contributed by atoms with Crippen LogP contribution in [0.5, 0.6) is 11.5 Å². The first kappa shape index (κ1) is 30.4. The van der Waals surface area contributed by atoms with E-state index in [1.54, 1.807) is 31.4 Å². The van der Waals surface area contributed by atoms with Crippen molar-refractivity contribution in [1.82, 2.24) is 9.66 Å². The number of carbonyl (C=O) groups is 1. The number of nitrogens with zero attached hydrogens (tertiary/aromatic N) is 4. The fourth-order valence-corrected chi connectivity index (χ4v) is 4.97. The van der Waals surface area contributed by atoms with Crippen LogP contribution in [0.4, 0.5) is 5.69 Å². The van der Waals surface area contributed by atoms with Gasteiger partial charge in [0, 0.05) is 17.2 Å². The van der Waals surface area contributed by atoms with Gasteiger partial charge in [-0.25, -0.2) is 9.78 Å². The van der Waals surface area contributed by atoms with E-state index in [0.29, 0.717) is 27.9 Å². The molecule has 0 aliphatic heterocycles. The number of nitro benzene ring substituents is 1. The summed E-state index contributed by atoms with van der Waals surface area (Å²) in [5, 5.41) is 16.7. The summed E-state index contributed by atoms with van der Waals surface area (Å²) in [4.78, 5) is 41.6. The zero-order valence-corrected chi connectivity index (χ0v) is 25.5. The van der Waals surface area contributed by atoms with Crippen LogP contribution < -0.4 is 15.0 Å². The van der Waals surface area contributed by atoms with Gasteiger partial charge in [-0.1, -0.05) is 26.0 Å². The van der Waals surface area contributed by atoms with Crippen molar-refractivity contribution in [2.24, 2.45) is 5.10 Å². The predicted molar refractivity (Wildman–Crippen MR) is 163 cm³/mol. The molecule has 4 rings (SSSR count). The number of nitro groups is 1. The Bertz CT molecular complexity index is 1780. The summed E-state index contributed by atoms with van der Waals surface area (Å²) in [5.41, 5.74) is 2.44. The molecule has 1 heterocycles. The average molecular weight is 637 g/mol. The molecular formula is C30H29BrN4O7. The van der Waals surface area contributed by atoms with Gasteiger partial charge in [-0.15, -0.1) is 0 Å². The summed E-state index contributed by atoms with van der Waals surface area (Å²) in [6.07, 6.45) is 0.243. The van der Waals surface area contributed by atoms with Gasteiger partial charge in [-0.05, 0) is 77.2 Å². The molecule has 3 aromatic carbocycles. The van der Waals surface area contributed by atoms with Crippen LogP contribution in [0.1, 0.15) is 43.4 Å². The highest BCUT2D eigenvalue weighted by Gasteiger charge is 2.25. The van der Waals surface area contributed by atoms with Crippen LogP contribution >= 0.6 is 15.9 Å². The maximum atomic E-state index is 13.7. The molecule has 0 fully saturated rings. The zero-order chi connectivity index (χ0) is 30.7. The van der Waals surface area contributed by atoms with E-state index >= 15 is 0 Å². The van der Waals surface area contributed by atoms with Gasteiger partial charge in [-0.3, -0.25) is 14.9 Å². The third-order valence-corrected chi connectivity index (χ3v) is 7.18. The molecule has 0 N–H and O–H groups in total. The largest absolute Gasteiger partial charge is 0.496 e. The number of fused-ring (bicyclic) bond motifs is 1. The summed E-state index contributed by atoms with van der Waals surface area (Å²) in [6, 6.07) is 13.6. The highest BCUT2D eigenvalue weighted by Crippen LogP contribution is 2.37. The molecule has 0 aliphatic carbocycles. The standard InChI is InChI=1S/C30H29BrN4O7/c1-16(2)21-14-22(17(3)11-26(21)40-5)28-33-24-10-8-7-9-20(24)29(36)34(28)32-15-19-12-23(31)27(25(13-19)35(38)39)42-18(4)30(37)41-6/h7-16,18H,1-6H3/t18-/m1/s1. The van der Waals surface area contributed by atoms with Gasteiger partial charge in [0.2, 0.25) is 5.75 Å². The molecule has 218 valence electrons. The number of methoxy groups -OCH3 is 2. The van der Waals surface area contributed by atoms with Crippen LogP contribution in [0.25, 0.3) is 22.3 Å². The molecule has 0 radical (unpaired) electrons. The van der Waals surface area contributed by atoms with Crippen LogP contribution in [-0.2, 0) is 9.53 Å². The van der Waals surface area contributed by atoms with E-state index in [1.165, 1.54) is 37.1 Å². The Balaban J connectivity index is 1.90. The fraction of sp³-hybridized carbons (Fsp3) is 0.267. The average Bonchev–Trinajstić information content (AvgIpc) is 2.96. The Morgan fingerprint density at radius 3 is 2.50 bits per heavy atom. The number of carbonyl (C=O) groups excluding carboxylic acids is 1. The van der Waals surface area contributed by atoms with Crippen molar-refractivity contribution in [3.63, 3.8) is 0 Å². The lowest BCUT2D eigenvalue weighted by molar-refractivity contribution is -0.386. The molecule has 0 aliphatic rings. The summed E-state index contributed by atoms with van der Waals surface area (Å²) < 4.78 is 17.2. The van der Waals surface area contributed by atoms with Gasteiger partial charge >= 0.3 is 11.7 Å². The van der Waals surface area contributed by atoms with Gasteiger partial charge < -0.3 is 14.2 Å². The number of para-hydroxylation sites is 1. The number of rotatable bonds is 9. The highest BCUT2D eigenvalue weighted by atomic mass is 79.9. The molecule has 0 unspecified atom stereocenters. The van der Waals surface area contributed by atoms with E-state index < -0.39 is 28.2 Å². The lowest BCUT2D eigenvalue weighted by Crippen LogP contribution is -2.25. The normalized spacial score (nSPS) is 12.1. The smallest absolute Gasteiger partial charge is 0.346 e.